The average Bonchev–Trinajstić information content (AvgIpc) is 3.62. The lowest BCUT2D eigenvalue weighted by atomic mass is 9.94. The van der Waals surface area contributed by atoms with Crippen molar-refractivity contribution in [2.45, 2.75) is 32.2 Å². The SMILES string of the molecule is COc1ccc(CCN(C)C(=O)[C@@H]2CCCN(c3cccc4c3C(=O)N([C@@H](C)c3cccs3)C4=O)C2)cc1OC. The molecule has 0 spiro atoms. The Morgan fingerprint density at radius 3 is 2.60 bits per heavy atom. The van der Waals surface area contributed by atoms with E-state index in [9.17, 15) is 14.4 Å². The van der Waals surface area contributed by atoms with Gasteiger partial charge in [0.25, 0.3) is 11.8 Å². The van der Waals surface area contributed by atoms with E-state index in [0.29, 0.717) is 42.1 Å². The highest BCUT2D eigenvalue weighted by Crippen LogP contribution is 2.38. The van der Waals surface area contributed by atoms with Crippen molar-refractivity contribution in [3.05, 3.63) is 75.5 Å². The number of carbonyl (C=O) groups excluding carboxylic acids is 3. The van der Waals surface area contributed by atoms with E-state index in [2.05, 4.69) is 4.90 Å². The van der Waals surface area contributed by atoms with Gasteiger partial charge in [-0.2, -0.15) is 0 Å². The van der Waals surface area contributed by atoms with Crippen LogP contribution in [0.25, 0.3) is 0 Å². The first kappa shape index (κ1) is 27.7. The van der Waals surface area contributed by atoms with Gasteiger partial charge >= 0.3 is 0 Å². The summed E-state index contributed by atoms with van der Waals surface area (Å²) in [5.74, 6) is 0.721. The number of rotatable bonds is 9. The van der Waals surface area contributed by atoms with E-state index in [-0.39, 0.29) is 29.7 Å². The predicted molar refractivity (Wildman–Crippen MR) is 155 cm³/mol. The number of piperidine rings is 1. The number of amides is 3. The molecule has 5 rings (SSSR count). The van der Waals surface area contributed by atoms with Crippen molar-refractivity contribution in [3.63, 3.8) is 0 Å². The maximum absolute atomic E-state index is 13.6. The second kappa shape index (κ2) is 11.7. The molecule has 2 aliphatic rings. The Kier molecular flexibility index (Phi) is 8.12. The molecule has 3 aromatic rings. The van der Waals surface area contributed by atoms with Crippen LogP contribution in [-0.2, 0) is 11.2 Å². The normalized spacial score (nSPS) is 17.6. The predicted octanol–water partition coefficient (Wildman–Crippen LogP) is 5.04. The van der Waals surface area contributed by atoms with Gasteiger partial charge in [-0.25, -0.2) is 0 Å². The molecule has 1 fully saturated rings. The molecular formula is C31H35N3O5S. The highest BCUT2D eigenvalue weighted by molar-refractivity contribution is 7.10. The Morgan fingerprint density at radius 1 is 1.07 bits per heavy atom. The first-order chi connectivity index (χ1) is 19.3. The number of imide groups is 1. The number of carbonyl (C=O) groups is 3. The molecule has 1 saturated heterocycles. The van der Waals surface area contributed by atoms with Crippen LogP contribution in [0.3, 0.4) is 0 Å². The number of hydrogen-bond acceptors (Lipinski definition) is 7. The first-order valence-corrected chi connectivity index (χ1v) is 14.5. The minimum absolute atomic E-state index is 0.0908. The Labute approximate surface area is 239 Å². The van der Waals surface area contributed by atoms with E-state index in [1.807, 2.05) is 61.8 Å². The number of likely N-dealkylation sites (N-methyl/N-ethyl adjacent to an activating group) is 1. The monoisotopic (exact) mass is 561 g/mol. The molecule has 0 bridgehead atoms. The van der Waals surface area contributed by atoms with E-state index < -0.39 is 0 Å². The van der Waals surface area contributed by atoms with Crippen LogP contribution >= 0.6 is 11.3 Å². The summed E-state index contributed by atoms with van der Waals surface area (Å²) in [6.45, 7) is 3.71. The summed E-state index contributed by atoms with van der Waals surface area (Å²) in [5.41, 5.74) is 2.69. The maximum atomic E-state index is 13.6. The van der Waals surface area contributed by atoms with Gasteiger partial charge < -0.3 is 19.3 Å². The molecule has 2 aliphatic heterocycles. The number of hydrogen-bond donors (Lipinski definition) is 0. The van der Waals surface area contributed by atoms with Gasteiger partial charge in [0.15, 0.2) is 11.5 Å². The highest BCUT2D eigenvalue weighted by atomic mass is 32.1. The number of nitrogens with zero attached hydrogens (tertiary/aromatic N) is 3. The van der Waals surface area contributed by atoms with E-state index in [0.717, 1.165) is 35.5 Å². The fraction of sp³-hybridized carbons (Fsp3) is 0.387. The molecular weight excluding hydrogens is 526 g/mol. The zero-order chi connectivity index (χ0) is 28.4. The molecule has 8 nitrogen and oxygen atoms in total. The lowest BCUT2D eigenvalue weighted by Crippen LogP contribution is -2.44. The van der Waals surface area contributed by atoms with Crippen molar-refractivity contribution in [1.82, 2.24) is 9.80 Å². The van der Waals surface area contributed by atoms with Crippen LogP contribution in [0.1, 0.15) is 57.0 Å². The summed E-state index contributed by atoms with van der Waals surface area (Å²) >= 11 is 1.53. The number of anilines is 1. The number of benzene rings is 2. The Balaban J connectivity index is 1.28. The van der Waals surface area contributed by atoms with Gasteiger partial charge in [0, 0.05) is 31.6 Å². The van der Waals surface area contributed by atoms with Crippen LogP contribution in [0.4, 0.5) is 5.69 Å². The van der Waals surface area contributed by atoms with Crippen molar-refractivity contribution in [3.8, 4) is 11.5 Å². The number of fused-ring (bicyclic) bond motifs is 1. The summed E-state index contributed by atoms with van der Waals surface area (Å²) < 4.78 is 10.7. The Hall–Kier alpha value is -3.85. The van der Waals surface area contributed by atoms with Crippen LogP contribution in [0.5, 0.6) is 11.5 Å². The van der Waals surface area contributed by atoms with Gasteiger partial charge in [-0.3, -0.25) is 19.3 Å². The Morgan fingerprint density at radius 2 is 1.88 bits per heavy atom. The van der Waals surface area contributed by atoms with E-state index in [4.69, 9.17) is 9.47 Å². The molecule has 210 valence electrons. The van der Waals surface area contributed by atoms with Crippen LogP contribution < -0.4 is 14.4 Å². The van der Waals surface area contributed by atoms with Gasteiger partial charge in [-0.1, -0.05) is 18.2 Å². The third kappa shape index (κ3) is 5.18. The minimum atomic E-state index is -0.338. The number of methoxy groups -OCH3 is 2. The summed E-state index contributed by atoms with van der Waals surface area (Å²) in [4.78, 5) is 46.7. The third-order valence-electron chi connectivity index (χ3n) is 7.94. The van der Waals surface area contributed by atoms with E-state index in [1.54, 1.807) is 25.2 Å². The zero-order valence-electron chi connectivity index (χ0n) is 23.4. The third-order valence-corrected chi connectivity index (χ3v) is 8.98. The maximum Gasteiger partial charge on any atom is 0.264 e. The smallest absolute Gasteiger partial charge is 0.264 e. The molecule has 9 heteroatoms. The first-order valence-electron chi connectivity index (χ1n) is 13.6. The van der Waals surface area contributed by atoms with Crippen molar-refractivity contribution in [1.29, 1.82) is 0 Å². The lowest BCUT2D eigenvalue weighted by molar-refractivity contribution is -0.134. The van der Waals surface area contributed by atoms with Crippen molar-refractivity contribution in [2.75, 3.05) is 45.8 Å². The lowest BCUT2D eigenvalue weighted by Gasteiger charge is -2.36. The second-order valence-corrected chi connectivity index (χ2v) is 11.3. The molecule has 0 saturated carbocycles. The van der Waals surface area contributed by atoms with Gasteiger partial charge in [-0.15, -0.1) is 11.3 Å². The topological polar surface area (TPSA) is 79.4 Å². The van der Waals surface area contributed by atoms with Crippen LogP contribution in [0.15, 0.2) is 53.9 Å². The van der Waals surface area contributed by atoms with Crippen LogP contribution in [0, 0.1) is 5.92 Å². The quantitative estimate of drug-likeness (QED) is 0.341. The van der Waals surface area contributed by atoms with Crippen molar-refractivity contribution >= 4 is 34.7 Å². The number of ether oxygens (including phenoxy) is 2. The molecule has 2 atom stereocenters. The van der Waals surface area contributed by atoms with E-state index >= 15 is 0 Å². The summed E-state index contributed by atoms with van der Waals surface area (Å²) in [6.07, 6.45) is 2.32. The van der Waals surface area contributed by atoms with Crippen molar-refractivity contribution in [2.24, 2.45) is 5.92 Å². The molecule has 0 unspecified atom stereocenters. The molecule has 1 aromatic heterocycles. The fourth-order valence-electron chi connectivity index (χ4n) is 5.71. The molecule has 3 heterocycles. The van der Waals surface area contributed by atoms with Crippen LogP contribution in [0.2, 0.25) is 0 Å². The second-order valence-electron chi connectivity index (χ2n) is 10.4. The molecule has 0 aliphatic carbocycles. The minimum Gasteiger partial charge on any atom is -0.493 e. The highest BCUT2D eigenvalue weighted by Gasteiger charge is 2.42. The number of thiophene rings is 1. The van der Waals surface area contributed by atoms with Crippen LogP contribution in [-0.4, -0.2) is 68.4 Å². The Bertz CT molecular complexity index is 1410. The molecule has 0 N–H and O–H groups in total. The molecule has 3 amide bonds. The molecule has 2 aromatic carbocycles. The summed E-state index contributed by atoms with van der Waals surface area (Å²) in [6, 6.07) is 14.8. The molecule has 40 heavy (non-hydrogen) atoms. The van der Waals surface area contributed by atoms with Gasteiger partial charge in [0.1, 0.15) is 0 Å². The van der Waals surface area contributed by atoms with Gasteiger partial charge in [0.2, 0.25) is 5.91 Å². The van der Waals surface area contributed by atoms with Crippen molar-refractivity contribution < 1.29 is 23.9 Å². The summed E-state index contributed by atoms with van der Waals surface area (Å²) in [7, 11) is 5.06. The zero-order valence-corrected chi connectivity index (χ0v) is 24.2. The summed E-state index contributed by atoms with van der Waals surface area (Å²) in [5, 5.41) is 1.95. The standard InChI is InChI=1S/C31H35N3O5S/c1-20(27-11-7-17-40-27)34-30(36)23-9-5-10-24(28(23)31(34)37)33-15-6-8-22(19-33)29(35)32(2)16-14-21-12-13-25(38-3)26(18-21)39-4/h5,7,9-13,17-18,20,22H,6,8,14-16,19H2,1-4H3/t20-,22+/m0/s1. The van der Waals surface area contributed by atoms with E-state index in [1.165, 1.54) is 16.2 Å². The average molecular weight is 562 g/mol. The van der Waals surface area contributed by atoms with Gasteiger partial charge in [0.05, 0.1) is 43.0 Å². The molecule has 0 radical (unpaired) electrons. The fourth-order valence-corrected chi connectivity index (χ4v) is 6.48. The van der Waals surface area contributed by atoms with Gasteiger partial charge in [-0.05, 0) is 67.5 Å². The largest absolute Gasteiger partial charge is 0.493 e.